The first-order valence-corrected chi connectivity index (χ1v) is 14.9. The number of hydrogen-bond donors (Lipinski definition) is 0. The number of aryl methyl sites for hydroxylation is 2. The molecule has 0 saturated carbocycles. The average Bonchev–Trinajstić information content (AvgIpc) is 3.08. The molecule has 43 heavy (non-hydrogen) atoms. The summed E-state index contributed by atoms with van der Waals surface area (Å²) in [5.41, 5.74) is 10.8. The van der Waals surface area contributed by atoms with Crippen LogP contribution >= 0.6 is 0 Å². The van der Waals surface area contributed by atoms with E-state index in [1.165, 1.54) is 33.4 Å². The number of nitrogens with zero attached hydrogens (tertiary/aromatic N) is 1. The average molecular weight is 564 g/mol. The molecule has 6 aromatic rings. The van der Waals surface area contributed by atoms with Crippen LogP contribution in [0.3, 0.4) is 0 Å². The highest BCUT2D eigenvalue weighted by atomic mass is 16.5. The van der Waals surface area contributed by atoms with Gasteiger partial charge in [0.2, 0.25) is 0 Å². The summed E-state index contributed by atoms with van der Waals surface area (Å²) in [4.78, 5) is 2.31. The third kappa shape index (κ3) is 8.47. The van der Waals surface area contributed by atoms with Gasteiger partial charge in [-0.1, -0.05) is 129 Å². The molecule has 0 fully saturated rings. The Kier molecular flexibility index (Phi) is 11.3. The van der Waals surface area contributed by atoms with Gasteiger partial charge in [-0.25, -0.2) is 0 Å². The van der Waals surface area contributed by atoms with Gasteiger partial charge in [0.05, 0.1) is 7.11 Å². The fourth-order valence-electron chi connectivity index (χ4n) is 4.77. The van der Waals surface area contributed by atoms with Crippen molar-refractivity contribution in [3.8, 4) is 28.0 Å². The van der Waals surface area contributed by atoms with E-state index in [-0.39, 0.29) is 0 Å². The van der Waals surface area contributed by atoms with Crippen LogP contribution in [0.4, 0.5) is 17.1 Å². The zero-order valence-electron chi connectivity index (χ0n) is 25.9. The molecule has 0 spiro atoms. The van der Waals surface area contributed by atoms with Gasteiger partial charge in [-0.15, -0.1) is 0 Å². The first kappa shape index (κ1) is 30.9. The van der Waals surface area contributed by atoms with E-state index in [2.05, 4.69) is 145 Å². The third-order valence-corrected chi connectivity index (χ3v) is 6.96. The van der Waals surface area contributed by atoms with E-state index in [9.17, 15) is 0 Å². The van der Waals surface area contributed by atoms with Gasteiger partial charge in [0.1, 0.15) is 5.75 Å². The molecule has 0 aliphatic heterocycles. The third-order valence-electron chi connectivity index (χ3n) is 6.96. The van der Waals surface area contributed by atoms with Crippen LogP contribution in [0.1, 0.15) is 25.0 Å². The monoisotopic (exact) mass is 563 g/mol. The molecule has 216 valence electrons. The van der Waals surface area contributed by atoms with E-state index in [4.69, 9.17) is 4.74 Å². The van der Waals surface area contributed by atoms with Crippen LogP contribution in [-0.2, 0) is 0 Å². The predicted molar refractivity (Wildman–Crippen MR) is 186 cm³/mol. The lowest BCUT2D eigenvalue weighted by Gasteiger charge is -2.26. The van der Waals surface area contributed by atoms with Gasteiger partial charge in [-0.2, -0.15) is 0 Å². The van der Waals surface area contributed by atoms with Gasteiger partial charge in [0, 0.05) is 17.1 Å². The Hall–Kier alpha value is -5.08. The number of benzene rings is 6. The van der Waals surface area contributed by atoms with E-state index in [0.29, 0.717) is 0 Å². The SMILES string of the molecule is CC.COc1cccc(C)c1.Cc1ccc(-c2ccc(N(c3ccccc3)c3cccc(-c4ccccc4)c3)cc2)cc1. The zero-order chi connectivity index (χ0) is 30.4. The smallest absolute Gasteiger partial charge is 0.119 e. The summed E-state index contributed by atoms with van der Waals surface area (Å²) in [6, 6.07) is 55.3. The molecule has 0 aliphatic rings. The van der Waals surface area contributed by atoms with Crippen molar-refractivity contribution in [2.75, 3.05) is 12.0 Å². The predicted octanol–water partition coefficient (Wildman–Crippen LogP) is 11.8. The van der Waals surface area contributed by atoms with Crippen LogP contribution in [-0.4, -0.2) is 7.11 Å². The second kappa shape index (κ2) is 15.8. The Morgan fingerprint density at radius 1 is 0.395 bits per heavy atom. The largest absolute Gasteiger partial charge is 0.497 e. The van der Waals surface area contributed by atoms with E-state index in [1.807, 2.05) is 45.0 Å². The van der Waals surface area contributed by atoms with Crippen molar-refractivity contribution in [1.82, 2.24) is 0 Å². The Morgan fingerprint density at radius 3 is 1.47 bits per heavy atom. The number of hydrogen-bond acceptors (Lipinski definition) is 2. The molecule has 0 amide bonds. The molecular weight excluding hydrogens is 522 g/mol. The topological polar surface area (TPSA) is 12.5 Å². The molecule has 0 unspecified atom stereocenters. The quantitative estimate of drug-likeness (QED) is 0.200. The van der Waals surface area contributed by atoms with Crippen LogP contribution in [0, 0.1) is 13.8 Å². The van der Waals surface area contributed by atoms with E-state index in [0.717, 1.165) is 22.8 Å². The summed E-state index contributed by atoms with van der Waals surface area (Å²) in [6.07, 6.45) is 0. The number of methoxy groups -OCH3 is 1. The Morgan fingerprint density at radius 2 is 0.884 bits per heavy atom. The molecule has 0 bridgehead atoms. The van der Waals surface area contributed by atoms with Gasteiger partial charge in [-0.3, -0.25) is 0 Å². The lowest BCUT2D eigenvalue weighted by Crippen LogP contribution is -2.09. The molecule has 6 rings (SSSR count). The fourth-order valence-corrected chi connectivity index (χ4v) is 4.77. The van der Waals surface area contributed by atoms with Crippen LogP contribution in [0.25, 0.3) is 22.3 Å². The maximum absolute atomic E-state index is 5.00. The molecule has 0 radical (unpaired) electrons. The molecule has 2 heteroatoms. The zero-order valence-corrected chi connectivity index (χ0v) is 25.9. The number of ether oxygens (including phenoxy) is 1. The lowest BCUT2D eigenvalue weighted by atomic mass is 10.0. The molecule has 0 aliphatic carbocycles. The van der Waals surface area contributed by atoms with Crippen LogP contribution < -0.4 is 9.64 Å². The van der Waals surface area contributed by atoms with E-state index >= 15 is 0 Å². The van der Waals surface area contributed by atoms with Crippen LogP contribution in [0.15, 0.2) is 158 Å². The maximum Gasteiger partial charge on any atom is 0.119 e. The molecule has 2 nitrogen and oxygen atoms in total. The molecule has 0 atom stereocenters. The molecule has 0 saturated heterocycles. The first-order valence-electron chi connectivity index (χ1n) is 14.9. The number of para-hydroxylation sites is 1. The van der Waals surface area contributed by atoms with E-state index < -0.39 is 0 Å². The van der Waals surface area contributed by atoms with Gasteiger partial charge in [0.15, 0.2) is 0 Å². The molecular formula is C41H41NO. The lowest BCUT2D eigenvalue weighted by molar-refractivity contribution is 0.414. The molecule has 0 heterocycles. The molecule has 0 aromatic heterocycles. The fraction of sp³-hybridized carbons (Fsp3) is 0.122. The number of rotatable bonds is 6. The minimum absolute atomic E-state index is 0.926. The standard InChI is InChI=1S/C31H25N.C8H10O.C2H6/c1-24-15-17-26(18-16-24)27-19-21-30(22-20-27)32(29-12-6-3-7-13-29)31-14-8-11-28(23-31)25-9-4-2-5-10-25;1-7-4-3-5-8(6-7)9-2;1-2/h2-23H,1H3;3-6H,1-2H3;1-2H3. The van der Waals surface area contributed by atoms with Crippen molar-refractivity contribution in [3.05, 3.63) is 169 Å². The van der Waals surface area contributed by atoms with Gasteiger partial charge in [-0.05, 0) is 90.2 Å². The first-order chi connectivity index (χ1) is 21.1. The summed E-state index contributed by atoms with van der Waals surface area (Å²) in [7, 11) is 1.68. The van der Waals surface area contributed by atoms with Crippen molar-refractivity contribution in [2.45, 2.75) is 27.7 Å². The van der Waals surface area contributed by atoms with Crippen LogP contribution in [0.5, 0.6) is 5.75 Å². The second-order valence-electron chi connectivity index (χ2n) is 10.0. The molecule has 6 aromatic carbocycles. The van der Waals surface area contributed by atoms with Gasteiger partial charge < -0.3 is 9.64 Å². The highest BCUT2D eigenvalue weighted by molar-refractivity contribution is 5.81. The van der Waals surface area contributed by atoms with Gasteiger partial charge >= 0.3 is 0 Å². The Labute approximate surface area is 257 Å². The van der Waals surface area contributed by atoms with Crippen molar-refractivity contribution >= 4 is 17.1 Å². The van der Waals surface area contributed by atoms with Crippen molar-refractivity contribution in [3.63, 3.8) is 0 Å². The summed E-state index contributed by atoms with van der Waals surface area (Å²) < 4.78 is 5.00. The van der Waals surface area contributed by atoms with Crippen molar-refractivity contribution < 1.29 is 4.74 Å². The van der Waals surface area contributed by atoms with E-state index in [1.54, 1.807) is 7.11 Å². The van der Waals surface area contributed by atoms with Crippen molar-refractivity contribution in [1.29, 1.82) is 0 Å². The molecule has 0 N–H and O–H groups in total. The van der Waals surface area contributed by atoms with Gasteiger partial charge in [0.25, 0.3) is 0 Å². The Bertz CT molecular complexity index is 1660. The highest BCUT2D eigenvalue weighted by Crippen LogP contribution is 2.37. The second-order valence-corrected chi connectivity index (χ2v) is 10.0. The minimum atomic E-state index is 0.926. The minimum Gasteiger partial charge on any atom is -0.497 e. The van der Waals surface area contributed by atoms with Crippen LogP contribution in [0.2, 0.25) is 0 Å². The normalized spacial score (nSPS) is 9.98. The summed E-state index contributed by atoms with van der Waals surface area (Å²) >= 11 is 0. The Balaban J connectivity index is 0.000000328. The summed E-state index contributed by atoms with van der Waals surface area (Å²) in [5, 5.41) is 0. The highest BCUT2D eigenvalue weighted by Gasteiger charge is 2.13. The maximum atomic E-state index is 5.00. The van der Waals surface area contributed by atoms with Crippen molar-refractivity contribution in [2.24, 2.45) is 0 Å². The number of anilines is 3. The summed E-state index contributed by atoms with van der Waals surface area (Å²) in [6.45, 7) is 8.16. The summed E-state index contributed by atoms with van der Waals surface area (Å²) in [5.74, 6) is 0.926.